The highest BCUT2D eigenvalue weighted by Gasteiger charge is 2.33. The van der Waals surface area contributed by atoms with E-state index in [2.05, 4.69) is 10.3 Å². The maximum atomic E-state index is 14.8. The van der Waals surface area contributed by atoms with Gasteiger partial charge in [-0.05, 0) is 60.8 Å². The number of quaternary nitrogens is 1. The van der Waals surface area contributed by atoms with Gasteiger partial charge in [-0.15, -0.1) is 0 Å². The summed E-state index contributed by atoms with van der Waals surface area (Å²) >= 11 is 6.16. The van der Waals surface area contributed by atoms with Gasteiger partial charge in [-0.1, -0.05) is 23.7 Å². The first-order valence-corrected chi connectivity index (χ1v) is 12.5. The molecule has 4 rings (SSSR count). The van der Waals surface area contributed by atoms with Crippen LogP contribution in [0.2, 0.25) is 5.02 Å². The Hall–Kier alpha value is -2.30. The van der Waals surface area contributed by atoms with Crippen molar-refractivity contribution in [2.75, 3.05) is 27.2 Å². The van der Waals surface area contributed by atoms with E-state index in [4.69, 9.17) is 21.5 Å². The van der Waals surface area contributed by atoms with Crippen molar-refractivity contribution in [1.82, 2.24) is 5.32 Å². The molecule has 0 amide bonds. The van der Waals surface area contributed by atoms with Gasteiger partial charge in [-0.3, -0.25) is 4.48 Å². The van der Waals surface area contributed by atoms with E-state index in [1.54, 1.807) is 19.2 Å². The minimum atomic E-state index is -3.87. The summed E-state index contributed by atoms with van der Waals surface area (Å²) in [4.78, 5) is 3.87. The van der Waals surface area contributed by atoms with Gasteiger partial charge in [-0.25, -0.2) is 17.9 Å². The van der Waals surface area contributed by atoms with Crippen LogP contribution in [0.4, 0.5) is 4.39 Å². The number of aliphatic imine (C=N–C) groups is 1. The molecule has 0 bridgehead atoms. The number of hydrogen-bond acceptors (Lipinski definition) is 5. The monoisotopic (exact) mass is 493 g/mol. The molecule has 1 heterocycles. The minimum absolute atomic E-state index is 0.0948. The molecule has 0 aromatic heterocycles. The number of benzene rings is 2. The van der Waals surface area contributed by atoms with Crippen molar-refractivity contribution in [2.45, 2.75) is 24.8 Å². The molecule has 1 aliphatic carbocycles. The summed E-state index contributed by atoms with van der Waals surface area (Å²) in [6.07, 6.45) is 4.43. The van der Waals surface area contributed by atoms with Gasteiger partial charge in [0.25, 0.3) is 10.0 Å². The average molecular weight is 494 g/mol. The van der Waals surface area contributed by atoms with Crippen LogP contribution in [-0.4, -0.2) is 52.5 Å². The summed E-state index contributed by atoms with van der Waals surface area (Å²) in [6, 6.07) is 11.3. The fourth-order valence-electron chi connectivity index (χ4n) is 4.44. The minimum Gasteiger partial charge on any atom is -0.485 e. The van der Waals surface area contributed by atoms with E-state index in [0.717, 1.165) is 29.5 Å². The molecule has 10 heteroatoms. The standard InChI is InChI=1S/C23H27ClFN4O3S/c1-27-21-11-16-10-20(25)22(12-18(16)19(21)9-15-4-3-5-17(24)8-15)32-7-6-29(2)13-23(28-14-29)33(26,30)31/h3-5,8,10,12-14,19,21,27H,6-7,9,11H2,1-2H3,(H2,26,30,31)/q+1. The molecule has 0 spiro atoms. The van der Waals surface area contributed by atoms with Gasteiger partial charge >= 0.3 is 0 Å². The first-order chi connectivity index (χ1) is 15.6. The van der Waals surface area contributed by atoms with Crippen molar-refractivity contribution in [3.63, 3.8) is 0 Å². The van der Waals surface area contributed by atoms with Crippen molar-refractivity contribution in [2.24, 2.45) is 10.1 Å². The van der Waals surface area contributed by atoms with E-state index in [1.807, 2.05) is 31.3 Å². The molecular formula is C23H27ClFN4O3S+. The lowest BCUT2D eigenvalue weighted by atomic mass is 9.91. The third-order valence-electron chi connectivity index (χ3n) is 6.21. The van der Waals surface area contributed by atoms with Gasteiger partial charge in [-0.2, -0.15) is 4.99 Å². The van der Waals surface area contributed by atoms with Crippen LogP contribution in [0.25, 0.3) is 0 Å². The molecule has 2 aromatic rings. The number of hydrogen-bond donors (Lipinski definition) is 2. The molecule has 7 nitrogen and oxygen atoms in total. The lowest BCUT2D eigenvalue weighted by Crippen LogP contribution is -2.39. The zero-order valence-corrected chi connectivity index (χ0v) is 20.0. The van der Waals surface area contributed by atoms with E-state index >= 15 is 0 Å². The van der Waals surface area contributed by atoms with E-state index < -0.39 is 15.8 Å². The Kier molecular flexibility index (Phi) is 6.61. The molecule has 3 N–H and O–H groups in total. The Morgan fingerprint density at radius 1 is 1.33 bits per heavy atom. The largest absolute Gasteiger partial charge is 0.485 e. The molecule has 1 aliphatic heterocycles. The lowest BCUT2D eigenvalue weighted by molar-refractivity contribution is -0.756. The Morgan fingerprint density at radius 2 is 2.12 bits per heavy atom. The zero-order chi connectivity index (χ0) is 23.8. The fraction of sp³-hybridized carbons (Fsp3) is 0.348. The molecule has 33 heavy (non-hydrogen) atoms. The number of halogens is 2. The number of nitrogens with zero attached hydrogens (tertiary/aromatic N) is 2. The fourth-order valence-corrected chi connectivity index (χ4v) is 5.24. The summed E-state index contributed by atoms with van der Waals surface area (Å²) in [6.45, 7) is 0.533. The Labute approximate surface area is 198 Å². The number of nitrogens with one attached hydrogen (secondary N) is 1. The summed E-state index contributed by atoms with van der Waals surface area (Å²) in [5.74, 6) is -0.0765. The van der Waals surface area contributed by atoms with Crippen LogP contribution in [0.1, 0.15) is 22.6 Å². The maximum Gasteiger partial charge on any atom is 0.261 e. The van der Waals surface area contributed by atoms with Gasteiger partial charge in [0, 0.05) is 17.0 Å². The molecule has 0 radical (unpaired) electrons. The second-order valence-corrected chi connectivity index (χ2v) is 10.6. The number of rotatable bonds is 8. The first-order valence-electron chi connectivity index (χ1n) is 10.6. The van der Waals surface area contributed by atoms with Crippen LogP contribution < -0.4 is 15.2 Å². The van der Waals surface area contributed by atoms with Crippen molar-refractivity contribution in [3.05, 3.63) is 75.2 Å². The third-order valence-corrected chi connectivity index (χ3v) is 7.24. The molecule has 2 aromatic carbocycles. The van der Waals surface area contributed by atoms with Gasteiger partial charge in [0.2, 0.25) is 5.03 Å². The van der Waals surface area contributed by atoms with E-state index in [-0.39, 0.29) is 33.8 Å². The van der Waals surface area contributed by atoms with Crippen molar-refractivity contribution >= 4 is 28.0 Å². The topological polar surface area (TPSA) is 93.8 Å². The molecule has 0 fully saturated rings. The highest BCUT2D eigenvalue weighted by atomic mass is 35.5. The summed E-state index contributed by atoms with van der Waals surface area (Å²) in [5, 5.41) is 9.00. The van der Waals surface area contributed by atoms with Crippen LogP contribution in [0.15, 0.2) is 52.6 Å². The lowest BCUT2D eigenvalue weighted by Gasteiger charge is -2.22. The zero-order valence-electron chi connectivity index (χ0n) is 18.5. The summed E-state index contributed by atoms with van der Waals surface area (Å²) in [5.41, 5.74) is 3.15. The van der Waals surface area contributed by atoms with Crippen molar-refractivity contribution < 1.29 is 22.0 Å². The molecule has 0 saturated carbocycles. The Morgan fingerprint density at radius 3 is 2.79 bits per heavy atom. The quantitative estimate of drug-likeness (QED) is 0.553. The normalized spacial score (nSPS) is 24.1. The summed E-state index contributed by atoms with van der Waals surface area (Å²) in [7, 11) is -0.191. The van der Waals surface area contributed by atoms with E-state index in [0.29, 0.717) is 11.6 Å². The number of ether oxygens (including phenoxy) is 1. The predicted molar refractivity (Wildman–Crippen MR) is 127 cm³/mol. The molecule has 176 valence electrons. The van der Waals surface area contributed by atoms with Gasteiger partial charge in [0.15, 0.2) is 17.9 Å². The van der Waals surface area contributed by atoms with Crippen molar-refractivity contribution in [1.29, 1.82) is 0 Å². The van der Waals surface area contributed by atoms with Gasteiger partial charge < -0.3 is 10.1 Å². The molecule has 3 unspecified atom stereocenters. The molecule has 3 atom stereocenters. The SMILES string of the molecule is CNC1Cc2cc(F)c(OCC[N+]3(C)C=NC(S(N)(=O)=O)=C3)cc2C1Cc1cccc(Cl)c1. The second kappa shape index (κ2) is 9.15. The highest BCUT2D eigenvalue weighted by Crippen LogP contribution is 2.39. The second-order valence-electron chi connectivity index (χ2n) is 8.70. The van der Waals surface area contributed by atoms with E-state index in [9.17, 15) is 12.8 Å². The van der Waals surface area contributed by atoms with Crippen LogP contribution in [0.5, 0.6) is 5.75 Å². The van der Waals surface area contributed by atoms with Crippen LogP contribution in [0.3, 0.4) is 0 Å². The maximum absolute atomic E-state index is 14.8. The van der Waals surface area contributed by atoms with Crippen molar-refractivity contribution in [3.8, 4) is 5.75 Å². The smallest absolute Gasteiger partial charge is 0.261 e. The Balaban J connectivity index is 1.50. The first kappa shape index (κ1) is 23.8. The number of primary sulfonamides is 1. The van der Waals surface area contributed by atoms with Crippen LogP contribution in [0, 0.1) is 5.82 Å². The molecular weight excluding hydrogens is 467 g/mol. The number of sulfonamides is 1. The van der Waals surface area contributed by atoms with E-state index in [1.165, 1.54) is 12.5 Å². The van der Waals surface area contributed by atoms with Crippen LogP contribution >= 0.6 is 11.6 Å². The molecule has 0 saturated heterocycles. The average Bonchev–Trinajstić information content (AvgIpc) is 3.29. The third kappa shape index (κ3) is 5.28. The number of fused-ring (bicyclic) bond motifs is 1. The van der Waals surface area contributed by atoms with Crippen LogP contribution in [-0.2, 0) is 22.9 Å². The number of likely N-dealkylation sites (N-methyl/N-ethyl adjacent to an activating group) is 2. The van der Waals surface area contributed by atoms with Gasteiger partial charge in [0.1, 0.15) is 19.4 Å². The van der Waals surface area contributed by atoms with Gasteiger partial charge in [0.05, 0.1) is 7.05 Å². The highest BCUT2D eigenvalue weighted by molar-refractivity contribution is 7.93. The number of nitrogens with two attached hydrogens (primary N) is 1. The molecule has 2 aliphatic rings. The predicted octanol–water partition coefficient (Wildman–Crippen LogP) is 2.90. The summed E-state index contributed by atoms with van der Waals surface area (Å²) < 4.78 is 43.7. The Bertz CT molecular complexity index is 1230.